The molecule has 0 radical (unpaired) electrons. The Morgan fingerprint density at radius 3 is 2.21 bits per heavy atom. The second-order valence-electron chi connectivity index (χ2n) is 11.3. The monoisotopic (exact) mass is 514 g/mol. The van der Waals surface area contributed by atoms with E-state index in [2.05, 4.69) is 10.3 Å². The molecule has 3 aromatic rings. The van der Waals surface area contributed by atoms with Gasteiger partial charge in [0.05, 0.1) is 11.1 Å². The van der Waals surface area contributed by atoms with Crippen LogP contribution in [0.25, 0.3) is 10.9 Å². The molecule has 2 aromatic carbocycles. The predicted molar refractivity (Wildman–Crippen MR) is 145 cm³/mol. The van der Waals surface area contributed by atoms with Gasteiger partial charge in [0, 0.05) is 29.2 Å². The summed E-state index contributed by atoms with van der Waals surface area (Å²) in [6.45, 7) is 5.66. The molecule has 38 heavy (non-hydrogen) atoms. The van der Waals surface area contributed by atoms with E-state index in [1.807, 2.05) is 51.2 Å². The summed E-state index contributed by atoms with van der Waals surface area (Å²) in [6.07, 6.45) is 5.19. The molecular weight excluding hydrogens is 480 g/mol. The summed E-state index contributed by atoms with van der Waals surface area (Å²) in [5.41, 5.74) is 1.15. The van der Waals surface area contributed by atoms with Crippen molar-refractivity contribution in [3.05, 3.63) is 71.4 Å². The van der Waals surface area contributed by atoms with E-state index in [4.69, 9.17) is 0 Å². The van der Waals surface area contributed by atoms with Crippen LogP contribution in [0.3, 0.4) is 0 Å². The molecule has 0 atom stereocenters. The third-order valence-electron chi connectivity index (χ3n) is 7.61. The lowest BCUT2D eigenvalue weighted by Crippen LogP contribution is -2.63. The lowest BCUT2D eigenvalue weighted by atomic mass is 9.91. The Morgan fingerprint density at radius 2 is 1.58 bits per heavy atom. The highest BCUT2D eigenvalue weighted by atomic mass is 16.2. The van der Waals surface area contributed by atoms with Crippen LogP contribution in [-0.2, 0) is 16.0 Å². The maximum Gasteiger partial charge on any atom is 0.262 e. The maximum atomic E-state index is 14.0. The molecule has 8 nitrogen and oxygen atoms in total. The Morgan fingerprint density at radius 1 is 0.974 bits per heavy atom. The van der Waals surface area contributed by atoms with Crippen molar-refractivity contribution >= 4 is 34.5 Å². The molecule has 1 fully saturated rings. The maximum absolute atomic E-state index is 14.0. The largest absolute Gasteiger partial charge is 0.361 e. The fraction of sp³-hybridized carbons (Fsp3) is 0.400. The topological polar surface area (TPSA) is 103 Å². The molecule has 0 spiro atoms. The van der Waals surface area contributed by atoms with Crippen LogP contribution < -0.4 is 5.32 Å². The van der Waals surface area contributed by atoms with Gasteiger partial charge < -0.3 is 15.2 Å². The minimum absolute atomic E-state index is 0.183. The van der Waals surface area contributed by atoms with Gasteiger partial charge in [0.2, 0.25) is 11.8 Å². The number of imide groups is 1. The fourth-order valence-corrected chi connectivity index (χ4v) is 5.79. The van der Waals surface area contributed by atoms with E-state index >= 15 is 0 Å². The smallest absolute Gasteiger partial charge is 0.262 e. The molecule has 0 unspecified atom stereocenters. The number of nitrogens with zero attached hydrogens (tertiary/aromatic N) is 2. The van der Waals surface area contributed by atoms with Crippen LogP contribution in [0, 0.1) is 0 Å². The van der Waals surface area contributed by atoms with Crippen molar-refractivity contribution in [3.63, 3.8) is 0 Å². The molecule has 0 saturated heterocycles. The Labute approximate surface area is 222 Å². The van der Waals surface area contributed by atoms with Crippen LogP contribution in [-0.4, -0.2) is 62.6 Å². The number of aromatic amines is 1. The molecule has 1 aliphatic carbocycles. The molecule has 5 rings (SSSR count). The second kappa shape index (κ2) is 9.74. The first-order valence-corrected chi connectivity index (χ1v) is 13.2. The molecule has 2 heterocycles. The molecule has 1 aliphatic heterocycles. The highest BCUT2D eigenvalue weighted by molar-refractivity contribution is 6.22. The highest BCUT2D eigenvalue weighted by Gasteiger charge is 2.50. The number of carbonyl (C=O) groups is 4. The molecule has 1 aromatic heterocycles. The molecule has 2 N–H and O–H groups in total. The summed E-state index contributed by atoms with van der Waals surface area (Å²) in [6, 6.07) is 14.6. The minimum atomic E-state index is -1.03. The first-order chi connectivity index (χ1) is 18.1. The van der Waals surface area contributed by atoms with E-state index in [-0.39, 0.29) is 5.91 Å². The van der Waals surface area contributed by atoms with Crippen molar-refractivity contribution in [3.8, 4) is 0 Å². The molecule has 4 amide bonds. The zero-order valence-electron chi connectivity index (χ0n) is 22.2. The average Bonchev–Trinajstić information content (AvgIpc) is 3.59. The normalized spacial score (nSPS) is 16.7. The number of aromatic nitrogens is 1. The number of fused-ring (bicyclic) bond motifs is 2. The van der Waals surface area contributed by atoms with Gasteiger partial charge in [0.25, 0.3) is 11.8 Å². The van der Waals surface area contributed by atoms with Gasteiger partial charge in [-0.2, -0.15) is 0 Å². The predicted octanol–water partition coefficient (Wildman–Crippen LogP) is 4.06. The van der Waals surface area contributed by atoms with Gasteiger partial charge in [0.15, 0.2) is 0 Å². The fourth-order valence-electron chi connectivity index (χ4n) is 5.79. The zero-order chi connectivity index (χ0) is 27.1. The quantitative estimate of drug-likeness (QED) is 0.464. The standard InChI is InChI=1S/C30H34N4O4/c1-29(2,3)32-28(38)30(15-8-9-16-30)34(17-14-20-18-31-24-13-7-6-10-21(20)24)25(35)19-33-26(36)22-11-4-5-12-23(22)27(33)37/h4-7,10-13,18,31H,8-9,14-17,19H2,1-3H3,(H,32,38). The van der Waals surface area contributed by atoms with Gasteiger partial charge in [-0.3, -0.25) is 24.1 Å². The SMILES string of the molecule is CC(C)(C)NC(=O)C1(N(CCc2c[nH]c3ccccc23)C(=O)CN2C(=O)c3ccccc3C2=O)CCCC1. The van der Waals surface area contributed by atoms with Crippen LogP contribution in [0.4, 0.5) is 0 Å². The molecule has 1 saturated carbocycles. The van der Waals surface area contributed by atoms with E-state index in [1.54, 1.807) is 29.2 Å². The molecule has 198 valence electrons. The van der Waals surface area contributed by atoms with E-state index < -0.39 is 35.3 Å². The first kappa shape index (κ1) is 25.7. The van der Waals surface area contributed by atoms with Crippen molar-refractivity contribution < 1.29 is 19.2 Å². The summed E-state index contributed by atoms with van der Waals surface area (Å²) in [7, 11) is 0. The number of amides is 4. The lowest BCUT2D eigenvalue weighted by Gasteiger charge is -2.42. The van der Waals surface area contributed by atoms with Crippen molar-refractivity contribution in [1.29, 1.82) is 0 Å². The summed E-state index contributed by atoms with van der Waals surface area (Å²) >= 11 is 0. The van der Waals surface area contributed by atoms with Crippen LogP contribution in [0.2, 0.25) is 0 Å². The number of carbonyl (C=O) groups excluding carboxylic acids is 4. The lowest BCUT2D eigenvalue weighted by molar-refractivity contribution is -0.148. The third-order valence-corrected chi connectivity index (χ3v) is 7.61. The number of H-pyrrole nitrogens is 1. The molecule has 8 heteroatoms. The van der Waals surface area contributed by atoms with E-state index in [1.165, 1.54) is 0 Å². The Hall–Kier alpha value is -3.94. The van der Waals surface area contributed by atoms with E-state index in [0.717, 1.165) is 34.2 Å². The Kier molecular flexibility index (Phi) is 6.59. The third kappa shape index (κ3) is 4.59. The number of para-hydroxylation sites is 1. The van der Waals surface area contributed by atoms with Crippen LogP contribution in [0.15, 0.2) is 54.7 Å². The zero-order valence-corrected chi connectivity index (χ0v) is 22.2. The summed E-state index contributed by atoms with van der Waals surface area (Å²) in [5.74, 6) is -1.53. The van der Waals surface area contributed by atoms with Crippen LogP contribution in [0.1, 0.15) is 72.7 Å². The van der Waals surface area contributed by atoms with Crippen LogP contribution in [0.5, 0.6) is 0 Å². The van der Waals surface area contributed by atoms with Gasteiger partial charge >= 0.3 is 0 Å². The molecule has 2 aliphatic rings. The van der Waals surface area contributed by atoms with Gasteiger partial charge in [0.1, 0.15) is 12.1 Å². The first-order valence-electron chi connectivity index (χ1n) is 13.2. The molecule has 0 bridgehead atoms. The van der Waals surface area contributed by atoms with Gasteiger partial charge in [-0.15, -0.1) is 0 Å². The van der Waals surface area contributed by atoms with Gasteiger partial charge in [-0.1, -0.05) is 43.2 Å². The van der Waals surface area contributed by atoms with Gasteiger partial charge in [-0.05, 0) is 63.8 Å². The average molecular weight is 515 g/mol. The number of nitrogens with one attached hydrogen (secondary N) is 2. The molecular formula is C30H34N4O4. The highest BCUT2D eigenvalue weighted by Crippen LogP contribution is 2.37. The van der Waals surface area contributed by atoms with Crippen molar-refractivity contribution in [2.75, 3.05) is 13.1 Å². The van der Waals surface area contributed by atoms with Gasteiger partial charge in [-0.25, -0.2) is 0 Å². The van der Waals surface area contributed by atoms with E-state index in [9.17, 15) is 19.2 Å². The van der Waals surface area contributed by atoms with Crippen molar-refractivity contribution in [1.82, 2.24) is 20.1 Å². The summed E-state index contributed by atoms with van der Waals surface area (Å²) in [4.78, 5) is 59.8. The second-order valence-corrected chi connectivity index (χ2v) is 11.3. The Bertz CT molecular complexity index is 1380. The van der Waals surface area contributed by atoms with Crippen LogP contribution >= 0.6 is 0 Å². The summed E-state index contributed by atoms with van der Waals surface area (Å²) in [5, 5.41) is 4.17. The number of hydrogen-bond acceptors (Lipinski definition) is 4. The minimum Gasteiger partial charge on any atom is -0.361 e. The number of benzene rings is 2. The number of hydrogen-bond donors (Lipinski definition) is 2. The van der Waals surface area contributed by atoms with E-state index in [0.29, 0.717) is 36.9 Å². The number of rotatable bonds is 7. The van der Waals surface area contributed by atoms with Crippen molar-refractivity contribution in [2.45, 2.75) is 64.0 Å². The Balaban J connectivity index is 1.46. The van der Waals surface area contributed by atoms with Crippen molar-refractivity contribution in [2.24, 2.45) is 0 Å². The summed E-state index contributed by atoms with van der Waals surface area (Å²) < 4.78 is 0.